The Morgan fingerprint density at radius 1 is 1.19 bits per heavy atom. The van der Waals surface area contributed by atoms with E-state index in [-0.39, 0.29) is 17.3 Å². The lowest BCUT2D eigenvalue weighted by Gasteiger charge is -2.40. The standard InChI is InChI=1S/C16H26O3SSi/c1-15(2,3)13(11-18-21)16(4,5)14(17)19-20-12-9-7-6-8-10-12/h6-10,13H,11H2,1-5,21H3. The lowest BCUT2D eigenvalue weighted by molar-refractivity contribution is -0.149. The van der Waals surface area contributed by atoms with Crippen LogP contribution in [0.4, 0.5) is 0 Å². The molecule has 118 valence electrons. The monoisotopic (exact) mass is 326 g/mol. The summed E-state index contributed by atoms with van der Waals surface area (Å²) < 4.78 is 10.9. The van der Waals surface area contributed by atoms with Crippen molar-refractivity contribution in [3.8, 4) is 0 Å². The van der Waals surface area contributed by atoms with Crippen LogP contribution in [0.15, 0.2) is 35.2 Å². The summed E-state index contributed by atoms with van der Waals surface area (Å²) in [7, 11) is 0.675. The van der Waals surface area contributed by atoms with Crippen molar-refractivity contribution < 1.29 is 13.4 Å². The van der Waals surface area contributed by atoms with Crippen molar-refractivity contribution in [2.24, 2.45) is 16.7 Å². The van der Waals surface area contributed by atoms with Gasteiger partial charge in [-0.25, -0.2) is 0 Å². The molecule has 0 saturated heterocycles. The first-order valence-corrected chi connectivity index (χ1v) is 8.68. The Balaban J connectivity index is 2.77. The molecule has 0 N–H and O–H groups in total. The Bertz CT molecular complexity index is 454. The Morgan fingerprint density at radius 3 is 2.24 bits per heavy atom. The Morgan fingerprint density at radius 2 is 1.76 bits per heavy atom. The van der Waals surface area contributed by atoms with Gasteiger partial charge < -0.3 is 8.61 Å². The van der Waals surface area contributed by atoms with Gasteiger partial charge in [0.25, 0.3) is 0 Å². The fraction of sp³-hybridized carbons (Fsp3) is 0.562. The molecule has 0 fully saturated rings. The van der Waals surface area contributed by atoms with Crippen LogP contribution in [-0.2, 0) is 13.4 Å². The van der Waals surface area contributed by atoms with Gasteiger partial charge in [0.15, 0.2) is 0 Å². The largest absolute Gasteiger partial charge is 0.428 e. The molecule has 0 heterocycles. The molecule has 1 unspecified atom stereocenters. The van der Waals surface area contributed by atoms with Gasteiger partial charge in [-0.05, 0) is 31.4 Å². The summed E-state index contributed by atoms with van der Waals surface area (Å²) in [6.07, 6.45) is 0. The predicted octanol–water partition coefficient (Wildman–Crippen LogP) is 3.22. The van der Waals surface area contributed by atoms with Crippen molar-refractivity contribution in [3.05, 3.63) is 30.3 Å². The number of carbonyl (C=O) groups excluding carboxylic acids is 1. The van der Waals surface area contributed by atoms with Crippen molar-refractivity contribution in [2.45, 2.75) is 39.5 Å². The number of hydrogen-bond acceptors (Lipinski definition) is 4. The van der Waals surface area contributed by atoms with E-state index < -0.39 is 5.41 Å². The molecule has 0 radical (unpaired) electrons. The summed E-state index contributed by atoms with van der Waals surface area (Å²) in [5.74, 6) is -0.0960. The fourth-order valence-corrected chi connectivity index (χ4v) is 3.51. The SMILES string of the molecule is CC(C)(C)C(CO[SiH3])C(C)(C)C(=O)OSc1ccccc1. The molecular formula is C16H26O3SSi. The molecule has 0 aliphatic rings. The van der Waals surface area contributed by atoms with E-state index in [0.717, 1.165) is 16.9 Å². The molecular weight excluding hydrogens is 300 g/mol. The number of rotatable bonds is 6. The second kappa shape index (κ2) is 7.47. The van der Waals surface area contributed by atoms with E-state index in [1.807, 2.05) is 44.2 Å². The zero-order valence-corrected chi connectivity index (χ0v) is 16.6. The van der Waals surface area contributed by atoms with E-state index in [4.69, 9.17) is 8.61 Å². The molecule has 1 aromatic carbocycles. The van der Waals surface area contributed by atoms with E-state index in [1.54, 1.807) is 0 Å². The van der Waals surface area contributed by atoms with E-state index >= 15 is 0 Å². The maximum absolute atomic E-state index is 12.5. The minimum atomic E-state index is -0.593. The van der Waals surface area contributed by atoms with Crippen LogP contribution in [-0.4, -0.2) is 23.1 Å². The number of hydrogen-bond donors (Lipinski definition) is 0. The lowest BCUT2D eigenvalue weighted by Crippen LogP contribution is -2.43. The van der Waals surface area contributed by atoms with Crippen molar-refractivity contribution >= 4 is 28.5 Å². The lowest BCUT2D eigenvalue weighted by atomic mass is 9.66. The molecule has 0 saturated carbocycles. The van der Waals surface area contributed by atoms with Crippen LogP contribution in [0.5, 0.6) is 0 Å². The average Bonchev–Trinajstić information content (AvgIpc) is 2.41. The molecule has 0 aromatic heterocycles. The molecule has 0 spiro atoms. The second-order valence-electron chi connectivity index (χ2n) is 6.86. The molecule has 0 aliphatic carbocycles. The molecule has 21 heavy (non-hydrogen) atoms. The van der Waals surface area contributed by atoms with Crippen LogP contribution in [0.25, 0.3) is 0 Å². The minimum absolute atomic E-state index is 0.0235. The Hall–Kier alpha value is -0.783. The Labute approximate surface area is 135 Å². The predicted molar refractivity (Wildman–Crippen MR) is 91.0 cm³/mol. The van der Waals surface area contributed by atoms with Crippen LogP contribution in [0.3, 0.4) is 0 Å². The number of carbonyl (C=O) groups is 1. The topological polar surface area (TPSA) is 35.5 Å². The summed E-state index contributed by atoms with van der Waals surface area (Å²) in [4.78, 5) is 13.4. The first-order chi connectivity index (χ1) is 9.69. The van der Waals surface area contributed by atoms with Gasteiger partial charge in [-0.3, -0.25) is 4.79 Å². The first kappa shape index (κ1) is 18.3. The van der Waals surface area contributed by atoms with Crippen LogP contribution in [0.2, 0.25) is 0 Å². The summed E-state index contributed by atoms with van der Waals surface area (Å²) in [6, 6.07) is 9.64. The second-order valence-corrected chi connectivity index (χ2v) is 8.24. The highest BCUT2D eigenvalue weighted by Crippen LogP contribution is 2.42. The molecule has 0 bridgehead atoms. The van der Waals surface area contributed by atoms with Crippen LogP contribution < -0.4 is 0 Å². The van der Waals surface area contributed by atoms with Gasteiger partial charge in [0.2, 0.25) is 0 Å². The van der Waals surface area contributed by atoms with Gasteiger partial charge in [-0.2, -0.15) is 0 Å². The third-order valence-electron chi connectivity index (χ3n) is 3.73. The van der Waals surface area contributed by atoms with Crippen molar-refractivity contribution in [1.29, 1.82) is 0 Å². The summed E-state index contributed by atoms with van der Waals surface area (Å²) in [6.45, 7) is 10.9. The highest BCUT2D eigenvalue weighted by Gasteiger charge is 2.44. The van der Waals surface area contributed by atoms with Crippen molar-refractivity contribution in [3.63, 3.8) is 0 Å². The highest BCUT2D eigenvalue weighted by molar-refractivity contribution is 7.95. The van der Waals surface area contributed by atoms with Crippen LogP contribution in [0.1, 0.15) is 34.6 Å². The van der Waals surface area contributed by atoms with E-state index in [0.29, 0.717) is 17.1 Å². The zero-order chi connectivity index (χ0) is 16.1. The van der Waals surface area contributed by atoms with E-state index in [1.165, 1.54) is 0 Å². The Kier molecular flexibility index (Phi) is 6.50. The van der Waals surface area contributed by atoms with Crippen molar-refractivity contribution in [2.75, 3.05) is 6.61 Å². The third kappa shape index (κ3) is 5.16. The normalized spacial score (nSPS) is 14.0. The minimum Gasteiger partial charge on any atom is -0.428 e. The van der Waals surface area contributed by atoms with Gasteiger partial charge >= 0.3 is 5.97 Å². The summed E-state index contributed by atoms with van der Waals surface area (Å²) in [5, 5.41) is 0. The van der Waals surface area contributed by atoms with Gasteiger partial charge in [0, 0.05) is 17.4 Å². The summed E-state index contributed by atoms with van der Waals surface area (Å²) >= 11 is 1.12. The molecule has 1 aromatic rings. The molecule has 5 heteroatoms. The molecule has 1 atom stereocenters. The van der Waals surface area contributed by atoms with Crippen LogP contribution >= 0.6 is 12.0 Å². The van der Waals surface area contributed by atoms with Crippen LogP contribution in [0, 0.1) is 16.7 Å². The molecule has 3 nitrogen and oxygen atoms in total. The van der Waals surface area contributed by atoms with Crippen molar-refractivity contribution in [1.82, 2.24) is 0 Å². The third-order valence-corrected chi connectivity index (χ3v) is 4.77. The van der Waals surface area contributed by atoms with E-state index in [9.17, 15) is 4.79 Å². The quantitative estimate of drug-likeness (QED) is 0.594. The highest BCUT2D eigenvalue weighted by atomic mass is 32.2. The molecule has 0 amide bonds. The fourth-order valence-electron chi connectivity index (χ4n) is 2.52. The number of benzene rings is 1. The zero-order valence-electron chi connectivity index (χ0n) is 13.8. The molecule has 1 rings (SSSR count). The first-order valence-electron chi connectivity index (χ1n) is 7.12. The average molecular weight is 327 g/mol. The smallest absolute Gasteiger partial charge is 0.324 e. The molecule has 0 aliphatic heterocycles. The van der Waals surface area contributed by atoms with Gasteiger partial charge in [0.1, 0.15) is 10.5 Å². The van der Waals surface area contributed by atoms with Gasteiger partial charge in [-0.1, -0.05) is 39.0 Å². The van der Waals surface area contributed by atoms with E-state index in [2.05, 4.69) is 20.8 Å². The maximum atomic E-state index is 12.5. The maximum Gasteiger partial charge on any atom is 0.324 e. The van der Waals surface area contributed by atoms with Gasteiger partial charge in [-0.15, -0.1) is 0 Å². The van der Waals surface area contributed by atoms with Gasteiger partial charge in [0.05, 0.1) is 17.5 Å². The summed E-state index contributed by atoms with van der Waals surface area (Å²) in [5.41, 5.74) is -0.616.